The number of rotatable bonds is 12. The quantitative estimate of drug-likeness (QED) is 0.0800. The summed E-state index contributed by atoms with van der Waals surface area (Å²) in [5, 5.41) is 94.6. The summed E-state index contributed by atoms with van der Waals surface area (Å²) < 4.78 is 12.7. The van der Waals surface area contributed by atoms with Crippen molar-refractivity contribution in [2.45, 2.75) is 192 Å². The van der Waals surface area contributed by atoms with Gasteiger partial charge in [-0.1, -0.05) is 65.5 Å². The van der Waals surface area contributed by atoms with Crippen molar-refractivity contribution in [3.05, 3.63) is 29.9 Å². The maximum absolute atomic E-state index is 14.8. The van der Waals surface area contributed by atoms with Gasteiger partial charge in [0.05, 0.1) is 42.6 Å². The number of aliphatic hydroxyl groups excluding tert-OH is 7. The van der Waals surface area contributed by atoms with E-state index in [2.05, 4.69) is 49.1 Å². The third kappa shape index (κ3) is 7.05. The molecule has 9 aliphatic rings. The van der Waals surface area contributed by atoms with Crippen LogP contribution in [0.2, 0.25) is 0 Å². The van der Waals surface area contributed by atoms with Crippen LogP contribution in [0.3, 0.4) is 0 Å². The number of hydrogen-bond donors (Lipinski definition) is 11. The summed E-state index contributed by atoms with van der Waals surface area (Å²) in [5.74, 6) is -2.38. The molecule has 8 fully saturated rings. The number of H-pyrrole nitrogens is 1. The van der Waals surface area contributed by atoms with Gasteiger partial charge in [-0.2, -0.15) is 0 Å². The Kier molecular flexibility index (Phi) is 13.0. The smallest absolute Gasteiger partial charge is 0.310 e. The van der Waals surface area contributed by atoms with E-state index in [9.17, 15) is 50.4 Å². The summed E-state index contributed by atoms with van der Waals surface area (Å²) in [6.45, 7) is 10.6. The van der Waals surface area contributed by atoms with Gasteiger partial charge in [0, 0.05) is 35.9 Å². The number of aromatic amines is 1. The molecule has 6 saturated carbocycles. The van der Waals surface area contributed by atoms with Gasteiger partial charge in [0.15, 0.2) is 6.29 Å². The highest BCUT2D eigenvalue weighted by Crippen LogP contribution is 2.80. The molecule has 1 aromatic heterocycles. The van der Waals surface area contributed by atoms with Crippen LogP contribution < -0.4 is 11.1 Å². The minimum absolute atomic E-state index is 0.00280. The van der Waals surface area contributed by atoms with Crippen molar-refractivity contribution in [2.24, 2.45) is 85.1 Å². The predicted molar refractivity (Wildman–Crippen MR) is 256 cm³/mol. The number of carboxylic acids is 1. The Balaban J connectivity index is 1.14. The van der Waals surface area contributed by atoms with Crippen molar-refractivity contribution in [3.63, 3.8) is 0 Å². The lowest BCUT2D eigenvalue weighted by Gasteiger charge is -2.75. The third-order valence-electron chi connectivity index (χ3n) is 23.1. The lowest BCUT2D eigenvalue weighted by molar-refractivity contribution is -0.341. The molecule has 2 bridgehead atoms. The number of carboxylic acid groups (broad SMARTS) is 1. The minimum atomic E-state index is -1.63. The van der Waals surface area contributed by atoms with Crippen LogP contribution in [0.25, 0.3) is 0 Å². The predicted octanol–water partition coefficient (Wildman–Crippen LogP) is 4.10. The standard InChI is InChI=1S/C54H84N4O12/c1-48(25-59)20-29-10-8-9-28-21-54(29,47(67)68)34(22-48)31-12-13-38-50(3,52(28,31)5)18-15-37-49(2,26-60)44(70-45-43(65)42(64)36(61)24-69-45)41(63)33(51(37,38)4)19-32-40(58-46(66)53(32)16-6-7-17-53)30(11-14-39(55)62)35-23-56-27-57-35/h12,23,27-30,32-34,36-45,59-65H,6-11,13-22,24-26,55H2,1-5H3,(H,56,57)(H,58,66)(H,67,68)/t28-,29+,30+,32-,33-,34-,36+,37+,38-,39-,40+,41+,42-,43+,44+,45-,48-,49-,50+,51-,52+,54+/m0/s1. The topological polar surface area (TPSA) is 281 Å². The maximum Gasteiger partial charge on any atom is 0.310 e. The summed E-state index contributed by atoms with van der Waals surface area (Å²) in [4.78, 5) is 36.5. The van der Waals surface area contributed by atoms with Gasteiger partial charge >= 0.3 is 5.97 Å². The molecule has 1 aromatic rings. The molecular weight excluding hydrogens is 897 g/mol. The van der Waals surface area contributed by atoms with Gasteiger partial charge in [-0.3, -0.25) is 9.59 Å². The molecule has 0 radical (unpaired) electrons. The van der Waals surface area contributed by atoms with Gasteiger partial charge in [0.25, 0.3) is 0 Å². The van der Waals surface area contributed by atoms with Crippen molar-refractivity contribution < 1.29 is 59.9 Å². The Labute approximate surface area is 413 Å². The molecule has 2 saturated heterocycles. The first kappa shape index (κ1) is 51.0. The van der Waals surface area contributed by atoms with Crippen LogP contribution in [-0.4, -0.2) is 132 Å². The zero-order valence-electron chi connectivity index (χ0n) is 42.1. The highest BCUT2D eigenvalue weighted by atomic mass is 16.7. The molecule has 12 N–H and O–H groups in total. The van der Waals surface area contributed by atoms with E-state index in [1.54, 1.807) is 12.5 Å². The Morgan fingerprint density at radius 3 is 2.29 bits per heavy atom. The fourth-order valence-corrected chi connectivity index (χ4v) is 19.5. The van der Waals surface area contributed by atoms with E-state index >= 15 is 0 Å². The number of allylic oxidation sites excluding steroid dienone is 2. The fraction of sp³-hybridized carbons (Fsp3) is 0.870. The van der Waals surface area contributed by atoms with Gasteiger partial charge in [-0.15, -0.1) is 0 Å². The second-order valence-corrected chi connectivity index (χ2v) is 25.9. The van der Waals surface area contributed by atoms with Crippen molar-refractivity contribution in [3.8, 4) is 0 Å². The Morgan fingerprint density at radius 2 is 1.63 bits per heavy atom. The highest BCUT2D eigenvalue weighted by molar-refractivity contribution is 5.86. The zero-order chi connectivity index (χ0) is 50.1. The van der Waals surface area contributed by atoms with E-state index in [1.807, 2.05) is 6.92 Å². The van der Waals surface area contributed by atoms with Crippen LogP contribution >= 0.6 is 0 Å². The molecule has 16 heteroatoms. The van der Waals surface area contributed by atoms with Crippen molar-refractivity contribution in [1.29, 1.82) is 0 Å². The van der Waals surface area contributed by atoms with E-state index < -0.39 is 98.9 Å². The van der Waals surface area contributed by atoms with Crippen LogP contribution in [-0.2, 0) is 19.1 Å². The number of ether oxygens (including phenoxy) is 2. The monoisotopic (exact) mass is 981 g/mol. The first-order chi connectivity index (χ1) is 33.1. The number of aliphatic hydroxyl groups is 7. The molecule has 392 valence electrons. The molecule has 0 aromatic carbocycles. The molecule has 1 amide bonds. The van der Waals surface area contributed by atoms with Crippen LogP contribution in [0.5, 0.6) is 0 Å². The van der Waals surface area contributed by atoms with E-state index in [4.69, 9.17) is 15.2 Å². The Morgan fingerprint density at radius 1 is 0.900 bits per heavy atom. The highest BCUT2D eigenvalue weighted by Gasteiger charge is 2.76. The number of carbonyl (C=O) groups excluding carboxylic acids is 1. The summed E-state index contributed by atoms with van der Waals surface area (Å²) in [6, 6.07) is -0.413. The second-order valence-electron chi connectivity index (χ2n) is 25.9. The van der Waals surface area contributed by atoms with E-state index in [-0.39, 0.29) is 73.6 Å². The van der Waals surface area contributed by atoms with Crippen LogP contribution in [0.1, 0.15) is 149 Å². The molecule has 16 nitrogen and oxygen atoms in total. The van der Waals surface area contributed by atoms with Crippen LogP contribution in [0, 0.1) is 79.3 Å². The molecule has 0 unspecified atom stereocenters. The molecular formula is C54H84N4O12. The molecule has 2 aliphatic heterocycles. The first-order valence-electron chi connectivity index (χ1n) is 27.0. The number of aliphatic carboxylic acids is 1. The number of nitrogens with two attached hydrogens (primary N) is 1. The maximum atomic E-state index is 14.8. The molecule has 3 heterocycles. The second kappa shape index (κ2) is 17.8. The van der Waals surface area contributed by atoms with Crippen molar-refractivity contribution in [1.82, 2.24) is 15.3 Å². The van der Waals surface area contributed by atoms with Crippen LogP contribution in [0.4, 0.5) is 0 Å². The van der Waals surface area contributed by atoms with E-state index in [0.717, 1.165) is 44.2 Å². The normalized spacial score (nSPS) is 50.2. The third-order valence-corrected chi connectivity index (χ3v) is 23.1. The summed E-state index contributed by atoms with van der Waals surface area (Å²) in [6.07, 6.45) is 7.28. The lowest BCUT2D eigenvalue weighted by atomic mass is 9.30. The number of carbonyl (C=O) groups is 2. The Hall–Kier alpha value is -2.51. The molecule has 70 heavy (non-hydrogen) atoms. The zero-order valence-corrected chi connectivity index (χ0v) is 42.1. The number of fused-ring (bicyclic) bond motifs is 8. The largest absolute Gasteiger partial charge is 0.481 e. The van der Waals surface area contributed by atoms with Gasteiger partial charge in [0.1, 0.15) is 24.5 Å². The van der Waals surface area contributed by atoms with Gasteiger partial charge in [-0.05, 0) is 147 Å². The number of nitrogens with one attached hydrogen (secondary N) is 2. The van der Waals surface area contributed by atoms with E-state index in [1.165, 1.54) is 5.57 Å². The number of aromatic nitrogens is 2. The summed E-state index contributed by atoms with van der Waals surface area (Å²) in [5.41, 5.74) is 3.34. The van der Waals surface area contributed by atoms with Gasteiger partial charge < -0.3 is 66.4 Å². The lowest BCUT2D eigenvalue weighted by Crippen LogP contribution is -2.73. The number of nitrogens with zero attached hydrogens (tertiary/aromatic N) is 1. The summed E-state index contributed by atoms with van der Waals surface area (Å²) in [7, 11) is 0. The van der Waals surface area contributed by atoms with E-state index in [0.29, 0.717) is 57.8 Å². The van der Waals surface area contributed by atoms with Gasteiger partial charge in [0.2, 0.25) is 5.91 Å². The fourth-order valence-electron chi connectivity index (χ4n) is 19.5. The first-order valence-corrected chi connectivity index (χ1v) is 27.0. The molecule has 1 spiro atoms. The molecule has 7 aliphatic carbocycles. The van der Waals surface area contributed by atoms with Gasteiger partial charge in [-0.25, -0.2) is 4.98 Å². The molecule has 22 atom stereocenters. The van der Waals surface area contributed by atoms with Crippen LogP contribution in [0.15, 0.2) is 24.2 Å². The van der Waals surface area contributed by atoms with Crippen molar-refractivity contribution in [2.75, 3.05) is 19.8 Å². The van der Waals surface area contributed by atoms with Crippen molar-refractivity contribution >= 4 is 11.9 Å². The SMILES string of the molecule is C[C@]1(CO)C[C@H]2CCC[C@H]3C[C@]2(C(=O)O)[C@@H](C1)C1=CC[C@@H]2[C@]4(C)[C@H](CC[C@@]2(C)[C@@]13C)[C@](C)(CO)[C@H](O[C@@H]1OC[C@@H](O)[C@H](O)[C@H]1O)[C@H](O)[C@@H]4C[C@H]1[C@@H]([C@H](CC[C@@H](N)O)c2cnc[nH]2)NC(=O)C12CCCC2. The number of imidazole rings is 1. The minimum Gasteiger partial charge on any atom is -0.481 e. The number of amides is 1. The molecule has 10 rings (SSSR count). The summed E-state index contributed by atoms with van der Waals surface area (Å²) >= 11 is 0. The average Bonchev–Trinajstić information content (AvgIpc) is 4.07. The Bertz CT molecular complexity index is 2150. The number of hydrogen-bond acceptors (Lipinski definition) is 13. The average molecular weight is 981 g/mol.